The van der Waals surface area contributed by atoms with Crippen LogP contribution in [0.2, 0.25) is 0 Å². The zero-order valence-corrected chi connectivity index (χ0v) is 22.5. The van der Waals surface area contributed by atoms with Crippen molar-refractivity contribution in [3.63, 3.8) is 0 Å². The van der Waals surface area contributed by atoms with E-state index in [1.165, 1.54) is 15.1 Å². The molecule has 0 N–H and O–H groups in total. The standard InChI is InChI=1S/C29H24N2O5S2/c1-19-8-13-22(14-9-19)37(32,33)30-26-7-5-4-6-24(26)28-29(30)25-18-21(36-3)12-17-27(25)31(28)38(34,35)23-15-10-20(2)11-16-23/h4-18H,1-3H3. The van der Waals surface area contributed by atoms with E-state index in [-0.39, 0.29) is 15.3 Å². The first-order valence-electron chi connectivity index (χ1n) is 11.9. The Hall–Kier alpha value is -4.08. The second-order valence-electron chi connectivity index (χ2n) is 9.26. The van der Waals surface area contributed by atoms with E-state index in [1.54, 1.807) is 91.0 Å². The smallest absolute Gasteiger partial charge is 0.268 e. The third kappa shape index (κ3) is 3.46. The lowest BCUT2D eigenvalue weighted by molar-refractivity contribution is 0.415. The second kappa shape index (κ2) is 8.47. The molecule has 0 radical (unpaired) electrons. The van der Waals surface area contributed by atoms with E-state index in [9.17, 15) is 16.8 Å². The van der Waals surface area contributed by atoms with Crippen LogP contribution in [-0.4, -0.2) is 31.9 Å². The fraction of sp³-hybridized carbons (Fsp3) is 0.103. The summed E-state index contributed by atoms with van der Waals surface area (Å²) in [5, 5.41) is 0.950. The summed E-state index contributed by atoms with van der Waals surface area (Å²) in [4.78, 5) is 0.215. The van der Waals surface area contributed by atoms with Crippen molar-refractivity contribution >= 4 is 52.9 Å². The number of aryl methyl sites for hydroxylation is 2. The van der Waals surface area contributed by atoms with E-state index >= 15 is 0 Å². The van der Waals surface area contributed by atoms with Crippen LogP contribution in [0.4, 0.5) is 0 Å². The lowest BCUT2D eigenvalue weighted by Gasteiger charge is -2.11. The average molecular weight is 545 g/mol. The van der Waals surface area contributed by atoms with Gasteiger partial charge in [-0.15, -0.1) is 0 Å². The number of rotatable bonds is 5. The molecule has 6 aromatic rings. The molecule has 0 spiro atoms. The van der Waals surface area contributed by atoms with Crippen LogP contribution in [0.1, 0.15) is 11.1 Å². The maximum atomic E-state index is 14.2. The minimum absolute atomic E-state index is 0.107. The fourth-order valence-electron chi connectivity index (χ4n) is 4.90. The number of fused-ring (bicyclic) bond motifs is 5. The molecule has 38 heavy (non-hydrogen) atoms. The van der Waals surface area contributed by atoms with Gasteiger partial charge in [0.15, 0.2) is 0 Å². The van der Waals surface area contributed by atoms with Gasteiger partial charge in [0, 0.05) is 10.8 Å². The Balaban J connectivity index is 1.84. The molecule has 0 atom stereocenters. The molecule has 0 fully saturated rings. The molecule has 2 heterocycles. The largest absolute Gasteiger partial charge is 0.497 e. The van der Waals surface area contributed by atoms with Crippen LogP contribution >= 0.6 is 0 Å². The number of benzene rings is 4. The van der Waals surface area contributed by atoms with Crippen LogP contribution in [0.3, 0.4) is 0 Å². The van der Waals surface area contributed by atoms with Gasteiger partial charge in [-0.3, -0.25) is 0 Å². The first-order chi connectivity index (χ1) is 18.1. The van der Waals surface area contributed by atoms with Crippen LogP contribution < -0.4 is 4.74 Å². The Kier molecular flexibility index (Phi) is 5.41. The van der Waals surface area contributed by atoms with Crippen molar-refractivity contribution in [2.75, 3.05) is 7.11 Å². The molecule has 192 valence electrons. The Labute approximate surface area is 220 Å². The number of ether oxygens (including phenoxy) is 1. The molecule has 6 rings (SSSR count). The first-order valence-corrected chi connectivity index (χ1v) is 14.8. The number of hydrogen-bond acceptors (Lipinski definition) is 5. The van der Waals surface area contributed by atoms with E-state index in [1.807, 2.05) is 13.8 Å². The first kappa shape index (κ1) is 24.3. The van der Waals surface area contributed by atoms with Gasteiger partial charge >= 0.3 is 0 Å². The number of nitrogens with zero attached hydrogens (tertiary/aromatic N) is 2. The topological polar surface area (TPSA) is 87.4 Å². The minimum atomic E-state index is -4.11. The summed E-state index contributed by atoms with van der Waals surface area (Å²) >= 11 is 0. The summed E-state index contributed by atoms with van der Waals surface area (Å²) in [7, 11) is -6.71. The average Bonchev–Trinajstić information content (AvgIpc) is 3.42. The van der Waals surface area contributed by atoms with Crippen molar-refractivity contribution in [2.24, 2.45) is 0 Å². The zero-order chi connectivity index (χ0) is 26.8. The van der Waals surface area contributed by atoms with Gasteiger partial charge in [-0.05, 0) is 62.4 Å². The monoisotopic (exact) mass is 544 g/mol. The Morgan fingerprint density at radius 1 is 0.579 bits per heavy atom. The lowest BCUT2D eigenvalue weighted by atomic mass is 10.2. The van der Waals surface area contributed by atoms with Gasteiger partial charge in [0.1, 0.15) is 5.75 Å². The lowest BCUT2D eigenvalue weighted by Crippen LogP contribution is -2.13. The molecule has 7 nitrogen and oxygen atoms in total. The van der Waals surface area contributed by atoms with Gasteiger partial charge in [-0.1, -0.05) is 53.6 Å². The van der Waals surface area contributed by atoms with E-state index in [2.05, 4.69) is 0 Å². The quantitative estimate of drug-likeness (QED) is 0.272. The van der Waals surface area contributed by atoms with Crippen molar-refractivity contribution in [3.05, 3.63) is 102 Å². The van der Waals surface area contributed by atoms with Gasteiger partial charge < -0.3 is 4.74 Å². The van der Waals surface area contributed by atoms with Crippen LogP contribution in [0.5, 0.6) is 5.75 Å². The molecule has 0 amide bonds. The maximum Gasteiger partial charge on any atom is 0.268 e. The minimum Gasteiger partial charge on any atom is -0.497 e. The third-order valence-corrected chi connectivity index (χ3v) is 10.3. The molecular formula is C29H24N2O5S2. The van der Waals surface area contributed by atoms with E-state index in [4.69, 9.17) is 4.74 Å². The fourth-order valence-corrected chi connectivity index (χ4v) is 7.97. The van der Waals surface area contributed by atoms with Gasteiger partial charge in [-0.2, -0.15) is 0 Å². The molecule has 0 aliphatic rings. The van der Waals surface area contributed by atoms with Crippen LogP contribution in [0.15, 0.2) is 101 Å². The van der Waals surface area contributed by atoms with E-state index in [0.717, 1.165) is 11.1 Å². The molecule has 2 aromatic heterocycles. The van der Waals surface area contributed by atoms with Gasteiger partial charge in [0.05, 0.1) is 39.0 Å². The highest BCUT2D eigenvalue weighted by Crippen LogP contribution is 2.42. The summed E-state index contributed by atoms with van der Waals surface area (Å²) in [6.45, 7) is 3.77. The maximum absolute atomic E-state index is 14.2. The molecule has 9 heteroatoms. The van der Waals surface area contributed by atoms with E-state index < -0.39 is 20.0 Å². The Morgan fingerprint density at radius 3 is 1.58 bits per heavy atom. The molecule has 4 aromatic carbocycles. The second-order valence-corrected chi connectivity index (χ2v) is 12.8. The Bertz CT molecular complexity index is 2010. The van der Waals surface area contributed by atoms with Crippen LogP contribution in [-0.2, 0) is 20.0 Å². The summed E-state index contributed by atoms with van der Waals surface area (Å²) in [6.07, 6.45) is 0. The predicted octanol–water partition coefficient (Wildman–Crippen LogP) is 5.85. The molecule has 0 bridgehead atoms. The van der Waals surface area contributed by atoms with Crippen LogP contribution in [0.25, 0.3) is 32.8 Å². The van der Waals surface area contributed by atoms with Crippen molar-refractivity contribution < 1.29 is 21.6 Å². The molecule has 0 aliphatic carbocycles. The molecule has 0 saturated carbocycles. The third-order valence-electron chi connectivity index (χ3n) is 6.80. The predicted molar refractivity (Wildman–Crippen MR) is 149 cm³/mol. The summed E-state index contributed by atoms with van der Waals surface area (Å²) in [6, 6.07) is 25.2. The zero-order valence-electron chi connectivity index (χ0n) is 20.9. The highest BCUT2D eigenvalue weighted by molar-refractivity contribution is 7.91. The molecule has 0 saturated heterocycles. The normalized spacial score (nSPS) is 12.5. The number of hydrogen-bond donors (Lipinski definition) is 0. The van der Waals surface area contributed by atoms with Crippen molar-refractivity contribution in [1.29, 1.82) is 0 Å². The van der Waals surface area contributed by atoms with Crippen molar-refractivity contribution in [2.45, 2.75) is 23.6 Å². The Morgan fingerprint density at radius 2 is 1.05 bits per heavy atom. The number of methoxy groups -OCH3 is 1. The van der Waals surface area contributed by atoms with Gasteiger partial charge in [-0.25, -0.2) is 24.8 Å². The van der Waals surface area contributed by atoms with E-state index in [0.29, 0.717) is 33.1 Å². The SMILES string of the molecule is COc1ccc2c(c1)c1c(c3ccccc3n1S(=O)(=O)c1ccc(C)cc1)n2S(=O)(=O)c1ccc(C)cc1. The van der Waals surface area contributed by atoms with Gasteiger partial charge in [0.25, 0.3) is 20.0 Å². The highest BCUT2D eigenvalue weighted by Gasteiger charge is 2.32. The summed E-state index contributed by atoms with van der Waals surface area (Å²) in [5.74, 6) is 0.480. The number of aromatic nitrogens is 2. The molecule has 0 unspecified atom stereocenters. The van der Waals surface area contributed by atoms with Crippen molar-refractivity contribution in [3.8, 4) is 5.75 Å². The van der Waals surface area contributed by atoms with Gasteiger partial charge in [0.2, 0.25) is 0 Å². The number of para-hydroxylation sites is 1. The van der Waals surface area contributed by atoms with Crippen LogP contribution in [0, 0.1) is 13.8 Å². The summed E-state index contributed by atoms with van der Waals surface area (Å²) < 4.78 is 64.6. The molecular weight excluding hydrogens is 520 g/mol. The molecule has 0 aliphatic heterocycles. The highest BCUT2D eigenvalue weighted by atomic mass is 32.2. The van der Waals surface area contributed by atoms with Crippen molar-refractivity contribution in [1.82, 2.24) is 7.94 Å². The summed E-state index contributed by atoms with van der Waals surface area (Å²) in [5.41, 5.74) is 3.16.